The molecule has 9 heteroatoms. The summed E-state index contributed by atoms with van der Waals surface area (Å²) in [5.41, 5.74) is 9.47. The van der Waals surface area contributed by atoms with Crippen LogP contribution >= 0.6 is 0 Å². The second-order valence-electron chi connectivity index (χ2n) is 11.1. The number of piperidine rings is 1. The Morgan fingerprint density at radius 3 is 2.63 bits per heavy atom. The molecule has 2 aliphatic heterocycles. The first kappa shape index (κ1) is 27.2. The molecule has 0 radical (unpaired) electrons. The van der Waals surface area contributed by atoms with Crippen LogP contribution in [-0.4, -0.2) is 77.1 Å². The second kappa shape index (κ2) is 11.9. The molecule has 2 saturated heterocycles. The molecular formula is C32H37N5O4. The Kier molecular flexibility index (Phi) is 7.89. The van der Waals surface area contributed by atoms with Crippen molar-refractivity contribution in [3.05, 3.63) is 78.3 Å². The Morgan fingerprint density at radius 2 is 1.80 bits per heavy atom. The third-order valence-corrected chi connectivity index (χ3v) is 8.36. The van der Waals surface area contributed by atoms with Gasteiger partial charge in [0.1, 0.15) is 11.6 Å². The maximum atomic E-state index is 13.8. The molecule has 2 aliphatic rings. The minimum absolute atomic E-state index is 0.0176. The molecule has 0 unspecified atom stereocenters. The van der Waals surface area contributed by atoms with Gasteiger partial charge in [0.2, 0.25) is 5.91 Å². The van der Waals surface area contributed by atoms with Gasteiger partial charge in [-0.1, -0.05) is 42.5 Å². The number of fused-ring (bicyclic) bond motifs is 1. The highest BCUT2D eigenvalue weighted by Crippen LogP contribution is 2.32. The molecule has 214 valence electrons. The minimum atomic E-state index is -0.443. The van der Waals surface area contributed by atoms with Gasteiger partial charge in [0, 0.05) is 64.0 Å². The molecule has 0 saturated carbocycles. The van der Waals surface area contributed by atoms with Gasteiger partial charge in [-0.15, -0.1) is 0 Å². The van der Waals surface area contributed by atoms with Gasteiger partial charge in [0.05, 0.1) is 17.0 Å². The summed E-state index contributed by atoms with van der Waals surface area (Å²) in [5, 5.41) is 0. The van der Waals surface area contributed by atoms with E-state index < -0.39 is 12.0 Å². The first-order valence-corrected chi connectivity index (χ1v) is 14.5. The van der Waals surface area contributed by atoms with Crippen molar-refractivity contribution in [3.8, 4) is 11.3 Å². The van der Waals surface area contributed by atoms with Crippen molar-refractivity contribution in [3.63, 3.8) is 0 Å². The van der Waals surface area contributed by atoms with Crippen LogP contribution in [0.4, 0.5) is 0 Å². The third-order valence-electron chi connectivity index (χ3n) is 8.36. The van der Waals surface area contributed by atoms with E-state index in [1.54, 1.807) is 24.1 Å². The van der Waals surface area contributed by atoms with Crippen molar-refractivity contribution in [2.24, 2.45) is 11.7 Å². The molecule has 3 atom stereocenters. The molecule has 0 aliphatic carbocycles. The molecule has 4 heterocycles. The van der Waals surface area contributed by atoms with Crippen LogP contribution in [0.2, 0.25) is 0 Å². The van der Waals surface area contributed by atoms with Crippen LogP contribution in [-0.2, 0) is 16.1 Å². The molecule has 4 aromatic rings. The summed E-state index contributed by atoms with van der Waals surface area (Å²) in [6, 6.07) is 20.9. The van der Waals surface area contributed by atoms with Gasteiger partial charge in [-0.2, -0.15) is 0 Å². The number of ether oxygens (including phenoxy) is 1. The third kappa shape index (κ3) is 5.52. The van der Waals surface area contributed by atoms with Crippen LogP contribution in [0, 0.1) is 5.92 Å². The predicted molar refractivity (Wildman–Crippen MR) is 156 cm³/mol. The van der Waals surface area contributed by atoms with Crippen LogP contribution in [0.15, 0.2) is 71.1 Å². The molecule has 2 aromatic heterocycles. The fraction of sp³-hybridized carbons (Fsp3) is 0.406. The smallest absolute Gasteiger partial charge is 0.289 e. The summed E-state index contributed by atoms with van der Waals surface area (Å²) in [6.45, 7) is 3.40. The Morgan fingerprint density at radius 1 is 1.00 bits per heavy atom. The van der Waals surface area contributed by atoms with Gasteiger partial charge in [-0.3, -0.25) is 9.59 Å². The van der Waals surface area contributed by atoms with Crippen molar-refractivity contribution in [2.45, 2.75) is 37.8 Å². The van der Waals surface area contributed by atoms with Crippen LogP contribution < -0.4 is 5.73 Å². The highest BCUT2D eigenvalue weighted by atomic mass is 16.5. The number of para-hydroxylation sites is 2. The zero-order valence-corrected chi connectivity index (χ0v) is 23.4. The molecular weight excluding hydrogens is 518 g/mol. The van der Waals surface area contributed by atoms with Gasteiger partial charge < -0.3 is 29.3 Å². The lowest BCUT2D eigenvalue weighted by atomic mass is 9.94. The number of furan rings is 1. The van der Waals surface area contributed by atoms with Crippen LogP contribution in [0.25, 0.3) is 22.4 Å². The van der Waals surface area contributed by atoms with E-state index in [1.165, 1.54) is 0 Å². The molecule has 2 N–H and O–H groups in total. The maximum Gasteiger partial charge on any atom is 0.289 e. The monoisotopic (exact) mass is 555 g/mol. The van der Waals surface area contributed by atoms with Crippen LogP contribution in [0.3, 0.4) is 0 Å². The molecule has 41 heavy (non-hydrogen) atoms. The van der Waals surface area contributed by atoms with E-state index in [0.717, 1.165) is 48.2 Å². The van der Waals surface area contributed by atoms with Crippen molar-refractivity contribution in [1.82, 2.24) is 19.4 Å². The lowest BCUT2D eigenvalue weighted by Crippen LogP contribution is -2.47. The molecule has 0 bridgehead atoms. The molecule has 0 spiro atoms. The topological polar surface area (TPSA) is 107 Å². The number of rotatable bonds is 8. The number of carbonyl (C=O) groups is 2. The highest BCUT2D eigenvalue weighted by molar-refractivity contribution is 5.93. The number of methoxy groups -OCH3 is 1. The highest BCUT2D eigenvalue weighted by Gasteiger charge is 2.41. The van der Waals surface area contributed by atoms with Crippen molar-refractivity contribution in [2.75, 3.05) is 39.9 Å². The van der Waals surface area contributed by atoms with E-state index in [1.807, 2.05) is 53.4 Å². The summed E-state index contributed by atoms with van der Waals surface area (Å²) in [5.74, 6) is 1.40. The number of carbonyl (C=O) groups excluding carboxylic acids is 2. The molecule has 6 rings (SSSR count). The maximum absolute atomic E-state index is 13.8. The molecule has 9 nitrogen and oxygen atoms in total. The summed E-state index contributed by atoms with van der Waals surface area (Å²) in [6.07, 6.45) is 2.76. The summed E-state index contributed by atoms with van der Waals surface area (Å²) in [7, 11) is 1.72. The van der Waals surface area contributed by atoms with Gasteiger partial charge >= 0.3 is 0 Å². The van der Waals surface area contributed by atoms with Gasteiger partial charge in [-0.25, -0.2) is 4.98 Å². The standard InChI is InChI=1S/C32H37N5O4/c1-40-18-8-17-37-27-13-6-5-12-26(27)34-30(37)23-11-7-16-35(19-23)31(38)24-20-36(21-25(24)33)32(39)29-15-14-28(41-29)22-9-3-2-4-10-22/h2-6,9-10,12-15,23-25H,7-8,11,16-21,33H2,1H3/t23-,24-,25-/m1/s1. The lowest BCUT2D eigenvalue weighted by Gasteiger charge is -2.35. The minimum Gasteiger partial charge on any atom is -0.451 e. The van der Waals surface area contributed by atoms with E-state index in [-0.39, 0.29) is 30.0 Å². The largest absolute Gasteiger partial charge is 0.451 e. The van der Waals surface area contributed by atoms with Crippen LogP contribution in [0.1, 0.15) is 41.6 Å². The Hall–Kier alpha value is -3.95. The number of amides is 2. The van der Waals surface area contributed by atoms with Gasteiger partial charge in [-0.05, 0) is 43.5 Å². The van der Waals surface area contributed by atoms with E-state index in [9.17, 15) is 9.59 Å². The predicted octanol–water partition coefficient (Wildman–Crippen LogP) is 4.14. The number of nitrogens with two attached hydrogens (primary N) is 1. The van der Waals surface area contributed by atoms with E-state index in [2.05, 4.69) is 10.6 Å². The molecule has 2 amide bonds. The average molecular weight is 556 g/mol. The van der Waals surface area contributed by atoms with Crippen LogP contribution in [0.5, 0.6) is 0 Å². The Labute approximate surface area is 239 Å². The Bertz CT molecular complexity index is 1510. The fourth-order valence-corrected chi connectivity index (χ4v) is 6.25. The summed E-state index contributed by atoms with van der Waals surface area (Å²) in [4.78, 5) is 35.7. The number of likely N-dealkylation sites (tertiary alicyclic amines) is 2. The summed E-state index contributed by atoms with van der Waals surface area (Å²) < 4.78 is 13.5. The lowest BCUT2D eigenvalue weighted by molar-refractivity contribution is -0.136. The number of aromatic nitrogens is 2. The van der Waals surface area contributed by atoms with E-state index in [4.69, 9.17) is 19.9 Å². The number of nitrogens with zero attached hydrogens (tertiary/aromatic N) is 4. The molecule has 2 aromatic carbocycles. The number of aryl methyl sites for hydroxylation is 1. The van der Waals surface area contributed by atoms with Gasteiger partial charge in [0.25, 0.3) is 5.91 Å². The number of imidazole rings is 1. The van der Waals surface area contributed by atoms with E-state index >= 15 is 0 Å². The number of benzene rings is 2. The van der Waals surface area contributed by atoms with Crippen molar-refractivity contribution >= 4 is 22.8 Å². The zero-order valence-electron chi connectivity index (χ0n) is 23.4. The SMILES string of the molecule is COCCCn1c([C@@H]2CCCN(C(=O)[C@@H]3CN(C(=O)c4ccc(-c5ccccc5)o4)C[C@H]3N)C2)nc2ccccc21. The molecule has 2 fully saturated rings. The first-order chi connectivity index (χ1) is 20.0. The summed E-state index contributed by atoms with van der Waals surface area (Å²) >= 11 is 0. The van der Waals surface area contributed by atoms with E-state index in [0.29, 0.717) is 32.0 Å². The van der Waals surface area contributed by atoms with Crippen molar-refractivity contribution in [1.29, 1.82) is 0 Å². The van der Waals surface area contributed by atoms with Gasteiger partial charge in [0.15, 0.2) is 5.76 Å². The van der Waals surface area contributed by atoms with Crippen molar-refractivity contribution < 1.29 is 18.7 Å². The second-order valence-corrected chi connectivity index (χ2v) is 11.1. The zero-order chi connectivity index (χ0) is 28.3. The Balaban J connectivity index is 1.14. The first-order valence-electron chi connectivity index (χ1n) is 14.5. The fourth-order valence-electron chi connectivity index (χ4n) is 6.25. The number of hydrogen-bond acceptors (Lipinski definition) is 6. The quantitative estimate of drug-likeness (QED) is 0.328. The number of hydrogen-bond donors (Lipinski definition) is 1. The normalized spacial score (nSPS) is 21.1. The average Bonchev–Trinajstić information content (AvgIpc) is 3.75.